The average molecular weight is 350 g/mol. The molecule has 2 aliphatic heterocycles. The van der Waals surface area contributed by atoms with Gasteiger partial charge in [0.05, 0.1) is 17.4 Å². The zero-order valence-corrected chi connectivity index (χ0v) is 14.6. The summed E-state index contributed by atoms with van der Waals surface area (Å²) in [6, 6.07) is 7.75. The van der Waals surface area contributed by atoms with Crippen LogP contribution in [0.2, 0.25) is 0 Å². The molecule has 1 aromatic carbocycles. The Morgan fingerprint density at radius 2 is 1.88 bits per heavy atom. The second-order valence-electron chi connectivity index (χ2n) is 6.36. The van der Waals surface area contributed by atoms with E-state index in [1.54, 1.807) is 9.80 Å². The van der Waals surface area contributed by atoms with Gasteiger partial charge in [0.2, 0.25) is 11.8 Å². The molecular weight excluding hydrogens is 328 g/mol. The van der Waals surface area contributed by atoms with Crippen molar-refractivity contribution in [3.8, 4) is 0 Å². The van der Waals surface area contributed by atoms with Gasteiger partial charge in [0.25, 0.3) is 0 Å². The zero-order chi connectivity index (χ0) is 17.3. The van der Waals surface area contributed by atoms with Crippen molar-refractivity contribution in [1.29, 1.82) is 0 Å². The summed E-state index contributed by atoms with van der Waals surface area (Å²) in [5.41, 5.74) is 1.96. The third-order valence-corrected chi connectivity index (χ3v) is 6.40. The summed E-state index contributed by atoms with van der Waals surface area (Å²) in [4.78, 5) is 28.3. The van der Waals surface area contributed by atoms with Gasteiger partial charge in [-0.25, -0.2) is 8.42 Å². The van der Waals surface area contributed by atoms with E-state index in [4.69, 9.17) is 0 Å². The summed E-state index contributed by atoms with van der Waals surface area (Å²) >= 11 is 0. The standard InChI is InChI=1S/C17H22N2O4S/c1-2-13-5-3-4-6-15(13)19-12-14(11-16(19)20)17(21)18-7-9-24(22,23)10-8-18/h3-6,14H,2,7-12H2,1H3. The van der Waals surface area contributed by atoms with E-state index in [-0.39, 0.29) is 48.7 Å². The molecule has 7 heteroatoms. The lowest BCUT2D eigenvalue weighted by atomic mass is 10.1. The van der Waals surface area contributed by atoms with E-state index in [0.29, 0.717) is 6.54 Å². The molecule has 2 heterocycles. The highest BCUT2D eigenvalue weighted by atomic mass is 32.2. The highest BCUT2D eigenvalue weighted by Crippen LogP contribution is 2.29. The predicted octanol–water partition coefficient (Wildman–Crippen LogP) is 0.859. The van der Waals surface area contributed by atoms with Crippen LogP contribution >= 0.6 is 0 Å². The van der Waals surface area contributed by atoms with Crippen LogP contribution in [-0.4, -0.2) is 56.3 Å². The number of rotatable bonds is 3. The van der Waals surface area contributed by atoms with Crippen molar-refractivity contribution in [2.75, 3.05) is 36.0 Å². The predicted molar refractivity (Wildman–Crippen MR) is 91.5 cm³/mol. The highest BCUT2D eigenvalue weighted by Gasteiger charge is 2.38. The summed E-state index contributed by atoms with van der Waals surface area (Å²) in [6.45, 7) is 2.88. The summed E-state index contributed by atoms with van der Waals surface area (Å²) in [5.74, 6) is -0.499. The fourth-order valence-electron chi connectivity index (χ4n) is 3.37. The third-order valence-electron chi connectivity index (χ3n) is 4.79. The van der Waals surface area contributed by atoms with Gasteiger partial charge >= 0.3 is 0 Å². The van der Waals surface area contributed by atoms with Crippen molar-refractivity contribution in [3.63, 3.8) is 0 Å². The molecule has 1 unspecified atom stereocenters. The van der Waals surface area contributed by atoms with Gasteiger partial charge in [-0.2, -0.15) is 0 Å². The molecule has 3 rings (SSSR count). The number of aryl methyl sites for hydroxylation is 1. The van der Waals surface area contributed by atoms with Crippen molar-refractivity contribution >= 4 is 27.3 Å². The average Bonchev–Trinajstić information content (AvgIpc) is 2.96. The molecule has 24 heavy (non-hydrogen) atoms. The fourth-order valence-corrected chi connectivity index (χ4v) is 4.57. The SMILES string of the molecule is CCc1ccccc1N1CC(C(=O)N2CCS(=O)(=O)CC2)CC1=O. The first-order chi connectivity index (χ1) is 11.4. The van der Waals surface area contributed by atoms with Gasteiger partial charge in [-0.15, -0.1) is 0 Å². The molecule has 130 valence electrons. The van der Waals surface area contributed by atoms with Gasteiger partial charge in [-0.05, 0) is 18.1 Å². The van der Waals surface area contributed by atoms with E-state index in [9.17, 15) is 18.0 Å². The minimum absolute atomic E-state index is 0.0157. The Hall–Kier alpha value is -1.89. The molecule has 0 saturated carbocycles. The highest BCUT2D eigenvalue weighted by molar-refractivity contribution is 7.91. The normalized spacial score (nSPS) is 23.5. The lowest BCUT2D eigenvalue weighted by molar-refractivity contribution is -0.135. The van der Waals surface area contributed by atoms with Crippen molar-refractivity contribution in [1.82, 2.24) is 4.90 Å². The van der Waals surface area contributed by atoms with E-state index in [1.165, 1.54) is 0 Å². The molecule has 0 bridgehead atoms. The Kier molecular flexibility index (Phi) is 4.62. The number of sulfone groups is 1. The Morgan fingerprint density at radius 1 is 1.21 bits per heavy atom. The smallest absolute Gasteiger partial charge is 0.228 e. The first-order valence-electron chi connectivity index (χ1n) is 8.29. The number of carbonyl (C=O) groups is 2. The van der Waals surface area contributed by atoms with Gasteiger partial charge in [0, 0.05) is 31.7 Å². The van der Waals surface area contributed by atoms with Crippen LogP contribution < -0.4 is 4.90 Å². The third kappa shape index (κ3) is 3.31. The van der Waals surface area contributed by atoms with Crippen LogP contribution in [0.5, 0.6) is 0 Å². The van der Waals surface area contributed by atoms with Crippen LogP contribution in [0.4, 0.5) is 5.69 Å². The second kappa shape index (κ2) is 6.55. The van der Waals surface area contributed by atoms with Crippen LogP contribution in [0.25, 0.3) is 0 Å². The fraction of sp³-hybridized carbons (Fsp3) is 0.529. The number of anilines is 1. The van der Waals surface area contributed by atoms with Crippen LogP contribution in [0, 0.1) is 5.92 Å². The number of hydrogen-bond acceptors (Lipinski definition) is 4. The lowest BCUT2D eigenvalue weighted by Crippen LogP contribution is -2.46. The van der Waals surface area contributed by atoms with E-state index in [1.807, 2.05) is 31.2 Å². The van der Waals surface area contributed by atoms with Crippen molar-refractivity contribution in [3.05, 3.63) is 29.8 Å². The van der Waals surface area contributed by atoms with Crippen LogP contribution in [0.15, 0.2) is 24.3 Å². The second-order valence-corrected chi connectivity index (χ2v) is 8.67. The monoisotopic (exact) mass is 350 g/mol. The molecule has 0 aliphatic carbocycles. The molecule has 0 spiro atoms. The molecule has 2 saturated heterocycles. The number of hydrogen-bond donors (Lipinski definition) is 0. The number of nitrogens with zero attached hydrogens (tertiary/aromatic N) is 2. The zero-order valence-electron chi connectivity index (χ0n) is 13.8. The van der Waals surface area contributed by atoms with Gasteiger partial charge in [-0.3, -0.25) is 9.59 Å². The van der Waals surface area contributed by atoms with Crippen molar-refractivity contribution in [2.24, 2.45) is 5.92 Å². The Bertz CT molecular complexity index is 746. The molecule has 1 aromatic rings. The first-order valence-corrected chi connectivity index (χ1v) is 10.1. The van der Waals surface area contributed by atoms with Crippen LogP contribution in [0.1, 0.15) is 18.9 Å². The molecule has 0 aromatic heterocycles. The maximum Gasteiger partial charge on any atom is 0.228 e. The molecule has 0 N–H and O–H groups in total. The Morgan fingerprint density at radius 3 is 2.54 bits per heavy atom. The largest absolute Gasteiger partial charge is 0.340 e. The number of benzene rings is 1. The summed E-state index contributed by atoms with van der Waals surface area (Å²) in [6.07, 6.45) is 1.02. The Balaban J connectivity index is 1.72. The van der Waals surface area contributed by atoms with Gasteiger partial charge < -0.3 is 9.80 Å². The van der Waals surface area contributed by atoms with Crippen molar-refractivity contribution in [2.45, 2.75) is 19.8 Å². The molecule has 1 atom stereocenters. The van der Waals surface area contributed by atoms with E-state index < -0.39 is 9.84 Å². The van der Waals surface area contributed by atoms with Gasteiger partial charge in [0.15, 0.2) is 9.84 Å². The molecular formula is C17H22N2O4S. The number of carbonyl (C=O) groups excluding carboxylic acids is 2. The maximum atomic E-state index is 12.6. The summed E-state index contributed by atoms with van der Waals surface area (Å²) < 4.78 is 23.0. The Labute approximate surface area is 142 Å². The minimum Gasteiger partial charge on any atom is -0.340 e. The van der Waals surface area contributed by atoms with Crippen molar-refractivity contribution < 1.29 is 18.0 Å². The van der Waals surface area contributed by atoms with Gasteiger partial charge in [-0.1, -0.05) is 25.1 Å². The first kappa shape index (κ1) is 17.0. The summed E-state index contributed by atoms with van der Waals surface area (Å²) in [5, 5.41) is 0. The number of amides is 2. The van der Waals surface area contributed by atoms with Crippen LogP contribution in [-0.2, 0) is 25.8 Å². The maximum absolute atomic E-state index is 12.6. The molecule has 2 fully saturated rings. The quantitative estimate of drug-likeness (QED) is 0.810. The minimum atomic E-state index is -3.02. The van der Waals surface area contributed by atoms with Gasteiger partial charge in [0.1, 0.15) is 0 Å². The molecule has 2 aliphatic rings. The summed E-state index contributed by atoms with van der Waals surface area (Å²) in [7, 11) is -3.02. The van der Waals surface area contributed by atoms with E-state index in [2.05, 4.69) is 0 Å². The molecule has 6 nitrogen and oxygen atoms in total. The van der Waals surface area contributed by atoms with E-state index in [0.717, 1.165) is 17.7 Å². The topological polar surface area (TPSA) is 74.8 Å². The van der Waals surface area contributed by atoms with E-state index >= 15 is 0 Å². The molecule has 0 radical (unpaired) electrons. The molecule has 2 amide bonds. The van der Waals surface area contributed by atoms with Crippen LogP contribution in [0.3, 0.4) is 0 Å². The number of para-hydroxylation sites is 1. The lowest BCUT2D eigenvalue weighted by Gasteiger charge is -2.29.